The van der Waals surface area contributed by atoms with Crippen LogP contribution in [0.2, 0.25) is 10.0 Å². The molecule has 0 spiro atoms. The molecule has 1 nitrogen and oxygen atoms in total. The summed E-state index contributed by atoms with van der Waals surface area (Å²) >= 11 is 15.4. The molecule has 0 bridgehead atoms. The molecule has 1 N–H and O–H groups in total. The summed E-state index contributed by atoms with van der Waals surface area (Å²) in [5.74, 6) is -0.280. The summed E-state index contributed by atoms with van der Waals surface area (Å²) in [5, 5.41) is 4.16. The van der Waals surface area contributed by atoms with E-state index in [1.165, 1.54) is 6.07 Å². The SMILES string of the molecule is CC(Nc1c(Cl)cccc1Cl)c1ccc(Br)cc1F. The average molecular weight is 363 g/mol. The average Bonchev–Trinajstić information content (AvgIpc) is 2.33. The minimum absolute atomic E-state index is 0.245. The van der Waals surface area contributed by atoms with Crippen molar-refractivity contribution in [1.29, 1.82) is 0 Å². The quantitative estimate of drug-likeness (QED) is 0.698. The number of anilines is 1. The zero-order chi connectivity index (χ0) is 14.0. The predicted octanol–water partition coefficient (Wildman–Crippen LogP) is 6.07. The lowest BCUT2D eigenvalue weighted by Crippen LogP contribution is -2.09. The van der Waals surface area contributed by atoms with Crippen molar-refractivity contribution in [3.05, 3.63) is 62.3 Å². The van der Waals surface area contributed by atoms with E-state index >= 15 is 0 Å². The van der Waals surface area contributed by atoms with Gasteiger partial charge in [0.05, 0.1) is 21.8 Å². The van der Waals surface area contributed by atoms with Crippen molar-refractivity contribution in [3.8, 4) is 0 Å². The van der Waals surface area contributed by atoms with Crippen LogP contribution in [-0.4, -0.2) is 0 Å². The monoisotopic (exact) mass is 361 g/mol. The van der Waals surface area contributed by atoms with Gasteiger partial charge in [0.25, 0.3) is 0 Å². The van der Waals surface area contributed by atoms with Crippen LogP contribution in [-0.2, 0) is 0 Å². The molecule has 0 aromatic heterocycles. The van der Waals surface area contributed by atoms with Crippen LogP contribution < -0.4 is 5.32 Å². The summed E-state index contributed by atoms with van der Waals surface area (Å²) < 4.78 is 14.6. The van der Waals surface area contributed by atoms with Crippen molar-refractivity contribution in [2.45, 2.75) is 13.0 Å². The maximum absolute atomic E-state index is 13.9. The molecular weight excluding hydrogens is 352 g/mol. The Bertz CT molecular complexity index is 584. The lowest BCUT2D eigenvalue weighted by molar-refractivity contribution is 0.599. The second kappa shape index (κ2) is 6.12. The van der Waals surface area contributed by atoms with Gasteiger partial charge in [-0.2, -0.15) is 0 Å². The Morgan fingerprint density at radius 2 is 1.79 bits per heavy atom. The fourth-order valence-corrected chi connectivity index (χ4v) is 2.62. The van der Waals surface area contributed by atoms with Crippen molar-refractivity contribution in [3.63, 3.8) is 0 Å². The third-order valence-electron chi connectivity index (χ3n) is 2.75. The number of para-hydroxylation sites is 1. The molecule has 0 heterocycles. The Hall–Kier alpha value is -0.770. The van der Waals surface area contributed by atoms with E-state index < -0.39 is 0 Å². The van der Waals surface area contributed by atoms with Gasteiger partial charge in [-0.15, -0.1) is 0 Å². The van der Waals surface area contributed by atoms with Gasteiger partial charge in [0.1, 0.15) is 5.82 Å². The zero-order valence-electron chi connectivity index (χ0n) is 10.1. The van der Waals surface area contributed by atoms with E-state index in [-0.39, 0.29) is 11.9 Å². The van der Waals surface area contributed by atoms with E-state index in [0.717, 1.165) is 0 Å². The molecule has 100 valence electrons. The van der Waals surface area contributed by atoms with E-state index in [1.807, 2.05) is 6.92 Å². The molecule has 1 unspecified atom stereocenters. The van der Waals surface area contributed by atoms with E-state index in [0.29, 0.717) is 25.8 Å². The largest absolute Gasteiger partial charge is 0.376 e. The molecule has 2 rings (SSSR count). The number of nitrogens with one attached hydrogen (secondary N) is 1. The van der Waals surface area contributed by atoms with Crippen molar-refractivity contribution in [1.82, 2.24) is 0 Å². The summed E-state index contributed by atoms with van der Waals surface area (Å²) in [5.41, 5.74) is 1.17. The molecule has 0 fully saturated rings. The molecule has 2 aromatic rings. The van der Waals surface area contributed by atoms with Gasteiger partial charge in [-0.3, -0.25) is 0 Å². The Morgan fingerprint density at radius 1 is 1.16 bits per heavy atom. The van der Waals surface area contributed by atoms with Crippen LogP contribution in [0.15, 0.2) is 40.9 Å². The van der Waals surface area contributed by atoms with Gasteiger partial charge in [0.2, 0.25) is 0 Å². The fraction of sp³-hybridized carbons (Fsp3) is 0.143. The number of hydrogen-bond acceptors (Lipinski definition) is 1. The number of rotatable bonds is 3. The molecule has 0 radical (unpaired) electrons. The molecule has 0 aliphatic carbocycles. The standard InChI is InChI=1S/C14H11BrCl2FN/c1-8(10-6-5-9(15)7-13(10)18)19-14-11(16)3-2-4-12(14)17/h2-8,19H,1H3. The molecule has 19 heavy (non-hydrogen) atoms. The molecule has 1 atom stereocenters. The van der Waals surface area contributed by atoms with Gasteiger partial charge in [-0.25, -0.2) is 4.39 Å². The lowest BCUT2D eigenvalue weighted by Gasteiger charge is -2.18. The highest BCUT2D eigenvalue weighted by atomic mass is 79.9. The zero-order valence-corrected chi connectivity index (χ0v) is 13.2. The summed E-state index contributed by atoms with van der Waals surface area (Å²) in [4.78, 5) is 0. The third-order valence-corrected chi connectivity index (χ3v) is 3.88. The molecule has 0 saturated heterocycles. The van der Waals surface area contributed by atoms with Crippen LogP contribution in [0, 0.1) is 5.82 Å². The summed E-state index contributed by atoms with van der Waals surface area (Å²) in [6, 6.07) is 9.95. The Morgan fingerprint density at radius 3 is 2.37 bits per heavy atom. The smallest absolute Gasteiger partial charge is 0.129 e. The van der Waals surface area contributed by atoms with Crippen LogP contribution in [0.4, 0.5) is 10.1 Å². The van der Waals surface area contributed by atoms with Gasteiger partial charge in [-0.05, 0) is 31.2 Å². The van der Waals surface area contributed by atoms with E-state index in [4.69, 9.17) is 23.2 Å². The Balaban J connectivity index is 2.28. The topological polar surface area (TPSA) is 12.0 Å². The summed E-state index contributed by atoms with van der Waals surface area (Å²) in [6.07, 6.45) is 0. The highest BCUT2D eigenvalue weighted by molar-refractivity contribution is 9.10. The second-order valence-electron chi connectivity index (χ2n) is 4.13. The lowest BCUT2D eigenvalue weighted by atomic mass is 10.1. The first-order chi connectivity index (χ1) is 8.99. The van der Waals surface area contributed by atoms with Crippen LogP contribution in [0.25, 0.3) is 0 Å². The van der Waals surface area contributed by atoms with E-state index in [2.05, 4.69) is 21.2 Å². The van der Waals surface area contributed by atoms with Crippen molar-refractivity contribution >= 4 is 44.8 Å². The fourth-order valence-electron chi connectivity index (χ4n) is 1.78. The number of halogens is 4. The highest BCUT2D eigenvalue weighted by Crippen LogP contribution is 2.33. The number of benzene rings is 2. The van der Waals surface area contributed by atoms with Crippen LogP contribution >= 0.6 is 39.1 Å². The molecular formula is C14H11BrCl2FN. The van der Waals surface area contributed by atoms with Gasteiger partial charge >= 0.3 is 0 Å². The summed E-state index contributed by atoms with van der Waals surface area (Å²) in [6.45, 7) is 1.85. The normalized spacial score (nSPS) is 12.3. The Kier molecular flexibility index (Phi) is 4.71. The van der Waals surface area contributed by atoms with Crippen molar-refractivity contribution in [2.75, 3.05) is 5.32 Å². The molecule has 0 aliphatic rings. The van der Waals surface area contributed by atoms with Crippen molar-refractivity contribution < 1.29 is 4.39 Å². The molecule has 0 saturated carbocycles. The minimum atomic E-state index is -0.280. The third kappa shape index (κ3) is 3.41. The van der Waals surface area contributed by atoms with Crippen LogP contribution in [0.3, 0.4) is 0 Å². The predicted molar refractivity (Wildman–Crippen MR) is 82.6 cm³/mol. The maximum atomic E-state index is 13.9. The molecule has 5 heteroatoms. The first-order valence-corrected chi connectivity index (χ1v) is 7.19. The van der Waals surface area contributed by atoms with E-state index in [9.17, 15) is 4.39 Å². The van der Waals surface area contributed by atoms with Gasteiger partial charge < -0.3 is 5.32 Å². The van der Waals surface area contributed by atoms with Gasteiger partial charge in [0.15, 0.2) is 0 Å². The second-order valence-corrected chi connectivity index (χ2v) is 5.86. The molecule has 0 aliphatic heterocycles. The minimum Gasteiger partial charge on any atom is -0.376 e. The number of hydrogen-bond donors (Lipinski definition) is 1. The van der Waals surface area contributed by atoms with Gasteiger partial charge in [-0.1, -0.05) is 51.3 Å². The highest BCUT2D eigenvalue weighted by Gasteiger charge is 2.14. The summed E-state index contributed by atoms with van der Waals surface area (Å²) in [7, 11) is 0. The van der Waals surface area contributed by atoms with E-state index in [1.54, 1.807) is 30.3 Å². The van der Waals surface area contributed by atoms with Gasteiger partial charge in [0, 0.05) is 10.0 Å². The first-order valence-electron chi connectivity index (χ1n) is 5.64. The molecule has 0 amide bonds. The Labute approximate surface area is 129 Å². The maximum Gasteiger partial charge on any atom is 0.129 e. The van der Waals surface area contributed by atoms with Crippen molar-refractivity contribution in [2.24, 2.45) is 0 Å². The molecule has 2 aromatic carbocycles. The van der Waals surface area contributed by atoms with Crippen LogP contribution in [0.1, 0.15) is 18.5 Å². The van der Waals surface area contributed by atoms with Crippen LogP contribution in [0.5, 0.6) is 0 Å². The first kappa shape index (κ1) is 14.6.